The summed E-state index contributed by atoms with van der Waals surface area (Å²) in [6.07, 6.45) is -0.581. The van der Waals surface area contributed by atoms with Crippen molar-refractivity contribution in [1.82, 2.24) is 0 Å². The smallest absolute Gasteiger partial charge is 0.450 e. The van der Waals surface area contributed by atoms with E-state index < -0.39 is 12.3 Å². The molecular formula is C12H30O10. The molecule has 0 heterocycles. The van der Waals surface area contributed by atoms with E-state index in [4.69, 9.17) is 50.0 Å². The molecule has 138 valence electrons. The van der Waals surface area contributed by atoms with Crippen LogP contribution < -0.4 is 0 Å². The van der Waals surface area contributed by atoms with Gasteiger partial charge in [0.05, 0.1) is 12.2 Å². The molecule has 0 spiro atoms. The third-order valence-corrected chi connectivity index (χ3v) is 1.95. The molecule has 0 aliphatic carbocycles. The summed E-state index contributed by atoms with van der Waals surface area (Å²) in [5.74, 6) is 0. The van der Waals surface area contributed by atoms with Gasteiger partial charge >= 0.3 is 12.3 Å². The zero-order valence-electron chi connectivity index (χ0n) is 13.9. The number of carboxylic acid groups (broad SMARTS) is 4. The monoisotopic (exact) mass is 334 g/mol. The maximum absolute atomic E-state index is 8.56. The third kappa shape index (κ3) is 136. The number of hydrogen-bond acceptors (Lipinski definition) is 6. The highest BCUT2D eigenvalue weighted by atomic mass is 17.0. The second-order valence-electron chi connectivity index (χ2n) is 3.47. The van der Waals surface area contributed by atoms with Crippen molar-refractivity contribution >= 4 is 12.3 Å². The maximum atomic E-state index is 8.56. The Kier molecular flexibility index (Phi) is 46.6. The molecule has 0 rings (SSSR count). The fraction of sp³-hybridized carbons (Fsp3) is 0.833. The number of rotatable bonds is 4. The largest absolute Gasteiger partial charge is 0.503 e. The summed E-state index contributed by atoms with van der Waals surface area (Å²) < 4.78 is 9.80. The first-order valence-electron chi connectivity index (χ1n) is 6.18. The van der Waals surface area contributed by atoms with Gasteiger partial charge in [-0.05, 0) is 26.7 Å². The van der Waals surface area contributed by atoms with Crippen molar-refractivity contribution in [1.29, 1.82) is 0 Å². The molecule has 0 saturated heterocycles. The second kappa shape index (κ2) is 31.7. The van der Waals surface area contributed by atoms with Gasteiger partial charge in [-0.15, -0.1) is 0 Å². The van der Waals surface area contributed by atoms with E-state index in [0.717, 1.165) is 12.8 Å². The van der Waals surface area contributed by atoms with Crippen molar-refractivity contribution in [2.45, 2.75) is 52.7 Å². The molecule has 0 aliphatic heterocycles. The Morgan fingerprint density at radius 3 is 0.909 bits per heavy atom. The summed E-state index contributed by atoms with van der Waals surface area (Å²) >= 11 is 0. The quantitative estimate of drug-likeness (QED) is 0.330. The Morgan fingerprint density at radius 1 is 0.773 bits per heavy atom. The summed E-state index contributed by atoms with van der Waals surface area (Å²) in [6, 6.07) is 0. The molecule has 0 aromatic rings. The van der Waals surface area contributed by atoms with Crippen LogP contribution in [0.2, 0.25) is 0 Å². The summed E-state index contributed by atoms with van der Waals surface area (Å²) in [5.41, 5.74) is 0. The fourth-order valence-electron chi connectivity index (χ4n) is 0.333. The van der Waals surface area contributed by atoms with E-state index in [1.54, 1.807) is 14.2 Å². The molecule has 0 bridgehead atoms. The minimum absolute atomic E-state index is 0.435. The van der Waals surface area contributed by atoms with Gasteiger partial charge in [0.1, 0.15) is 0 Å². The van der Waals surface area contributed by atoms with Crippen molar-refractivity contribution in [3.63, 3.8) is 0 Å². The zero-order chi connectivity index (χ0) is 19.1. The highest BCUT2D eigenvalue weighted by molar-refractivity contribution is 5.53. The molecule has 2 atom stereocenters. The van der Waals surface area contributed by atoms with Gasteiger partial charge < -0.3 is 29.9 Å². The molecule has 10 nitrogen and oxygen atoms in total. The van der Waals surface area contributed by atoms with Crippen LogP contribution in [0.3, 0.4) is 0 Å². The number of methoxy groups -OCH3 is 2. The topological polar surface area (TPSA) is 174 Å². The Hall–Kier alpha value is -1.62. The molecule has 0 aliphatic rings. The SMILES string of the molecule is CCC(C)OC.CCC(C)OC.O=C(O)O.O=C(O)O.OO. The van der Waals surface area contributed by atoms with E-state index in [0.29, 0.717) is 12.2 Å². The molecule has 2 unspecified atom stereocenters. The van der Waals surface area contributed by atoms with Crippen LogP contribution in [0.1, 0.15) is 40.5 Å². The number of carbonyl (C=O) groups is 2. The first-order valence-corrected chi connectivity index (χ1v) is 6.18. The van der Waals surface area contributed by atoms with Crippen molar-refractivity contribution in [3.8, 4) is 0 Å². The van der Waals surface area contributed by atoms with Gasteiger partial charge in [0.25, 0.3) is 0 Å². The standard InChI is InChI=1S/2C5H12O.2CH2O3.H2O2/c2*1-4-5(2)6-3;2*2-1(3)4;1-2/h2*5H,4H2,1-3H3;2*(H2,2,3,4);1-2H. The zero-order valence-corrected chi connectivity index (χ0v) is 13.9. The Balaban J connectivity index is -0.0000000571. The van der Waals surface area contributed by atoms with Gasteiger partial charge in [-0.1, -0.05) is 13.8 Å². The predicted octanol–water partition coefficient (Wildman–Crippen LogP) is 3.32. The van der Waals surface area contributed by atoms with E-state index in [1.165, 1.54) is 0 Å². The lowest BCUT2D eigenvalue weighted by Gasteiger charge is -2.01. The fourth-order valence-corrected chi connectivity index (χ4v) is 0.333. The predicted molar refractivity (Wildman–Crippen MR) is 80.1 cm³/mol. The van der Waals surface area contributed by atoms with E-state index >= 15 is 0 Å². The lowest BCUT2D eigenvalue weighted by molar-refractivity contribution is -0.176. The van der Waals surface area contributed by atoms with Crippen LogP contribution in [-0.2, 0) is 9.47 Å². The lowest BCUT2D eigenvalue weighted by Crippen LogP contribution is -2.00. The van der Waals surface area contributed by atoms with Gasteiger partial charge in [0.2, 0.25) is 0 Å². The normalized spacial score (nSPS) is 10.4. The second-order valence-corrected chi connectivity index (χ2v) is 3.47. The van der Waals surface area contributed by atoms with Crippen molar-refractivity contribution in [2.75, 3.05) is 14.2 Å². The first kappa shape index (κ1) is 32.4. The third-order valence-electron chi connectivity index (χ3n) is 1.95. The van der Waals surface area contributed by atoms with Gasteiger partial charge in [-0.2, -0.15) is 0 Å². The minimum atomic E-state index is -1.83. The average molecular weight is 334 g/mol. The minimum Gasteiger partial charge on any atom is -0.450 e. The highest BCUT2D eigenvalue weighted by Gasteiger charge is 1.89. The van der Waals surface area contributed by atoms with Crippen molar-refractivity contribution < 1.29 is 50.0 Å². The van der Waals surface area contributed by atoms with Crippen LogP contribution in [0, 0.1) is 0 Å². The average Bonchev–Trinajstić information content (AvgIpc) is 2.47. The number of ether oxygens (including phenoxy) is 2. The van der Waals surface area contributed by atoms with Crippen molar-refractivity contribution in [2.24, 2.45) is 0 Å². The Bertz CT molecular complexity index is 172. The van der Waals surface area contributed by atoms with Crippen LogP contribution in [0.5, 0.6) is 0 Å². The van der Waals surface area contributed by atoms with E-state index in [2.05, 4.69) is 27.7 Å². The van der Waals surface area contributed by atoms with Gasteiger partial charge in [-0.25, -0.2) is 9.59 Å². The number of hydrogen-bond donors (Lipinski definition) is 6. The molecule has 10 heteroatoms. The molecular weight excluding hydrogens is 304 g/mol. The first-order chi connectivity index (χ1) is 10.1. The molecule has 0 radical (unpaired) electrons. The highest BCUT2D eigenvalue weighted by Crippen LogP contribution is 1.90. The van der Waals surface area contributed by atoms with Gasteiger partial charge in [-0.3, -0.25) is 10.5 Å². The van der Waals surface area contributed by atoms with Crippen LogP contribution in [-0.4, -0.2) is 69.7 Å². The Morgan fingerprint density at radius 2 is 0.909 bits per heavy atom. The lowest BCUT2D eigenvalue weighted by atomic mass is 10.3. The summed E-state index contributed by atoms with van der Waals surface area (Å²) in [6.45, 7) is 8.32. The van der Waals surface area contributed by atoms with Gasteiger partial charge in [0.15, 0.2) is 0 Å². The summed E-state index contributed by atoms with van der Waals surface area (Å²) in [7, 11) is 3.46. The van der Waals surface area contributed by atoms with Crippen LogP contribution >= 0.6 is 0 Å². The van der Waals surface area contributed by atoms with E-state index in [-0.39, 0.29) is 0 Å². The van der Waals surface area contributed by atoms with Gasteiger partial charge in [0, 0.05) is 14.2 Å². The van der Waals surface area contributed by atoms with Crippen molar-refractivity contribution in [3.05, 3.63) is 0 Å². The van der Waals surface area contributed by atoms with E-state index in [1.807, 2.05) is 0 Å². The molecule has 0 fully saturated rings. The molecule has 22 heavy (non-hydrogen) atoms. The Labute approximate surface area is 130 Å². The molecule has 0 saturated carbocycles. The molecule has 0 aromatic heterocycles. The molecule has 0 amide bonds. The van der Waals surface area contributed by atoms with E-state index in [9.17, 15) is 0 Å². The maximum Gasteiger partial charge on any atom is 0.503 e. The molecule has 0 aromatic carbocycles. The van der Waals surface area contributed by atoms with Crippen LogP contribution in [0.4, 0.5) is 9.59 Å². The van der Waals surface area contributed by atoms with Crippen LogP contribution in [0.15, 0.2) is 0 Å². The summed E-state index contributed by atoms with van der Waals surface area (Å²) in [5, 5.41) is 39.9. The summed E-state index contributed by atoms with van der Waals surface area (Å²) in [4.78, 5) is 17.1. The molecule has 6 N–H and O–H groups in total. The van der Waals surface area contributed by atoms with Crippen LogP contribution in [0.25, 0.3) is 0 Å².